The van der Waals surface area contributed by atoms with E-state index in [4.69, 9.17) is 0 Å². The fourth-order valence-electron chi connectivity index (χ4n) is 2.22. The van der Waals surface area contributed by atoms with Crippen LogP contribution < -0.4 is 21.5 Å². The summed E-state index contributed by atoms with van der Waals surface area (Å²) in [5, 5.41) is 3.24. The number of H-pyrrole nitrogens is 1. The number of quaternary nitrogens is 1. The number of hydrogen-bond donors (Lipinski definition) is 3. The molecule has 0 atom stereocenters. The van der Waals surface area contributed by atoms with Crippen LogP contribution in [0.5, 0.6) is 0 Å². The summed E-state index contributed by atoms with van der Waals surface area (Å²) in [6.07, 6.45) is 0. The largest absolute Gasteiger partial charge is 0.350 e. The van der Waals surface area contributed by atoms with Gasteiger partial charge in [-0.2, -0.15) is 4.98 Å². The first-order chi connectivity index (χ1) is 10.3. The maximum absolute atomic E-state index is 12.2. The number of likely N-dealkylation sites (N-methyl/N-ethyl adjacent to an activating group) is 1. The fourth-order valence-corrected chi connectivity index (χ4v) is 2.22. The highest BCUT2D eigenvalue weighted by Gasteiger charge is 2.17. The van der Waals surface area contributed by atoms with Gasteiger partial charge in [0.1, 0.15) is 0 Å². The summed E-state index contributed by atoms with van der Waals surface area (Å²) in [4.78, 5) is 31.9. The summed E-state index contributed by atoms with van der Waals surface area (Å²) in [7, 11) is 5.71. The van der Waals surface area contributed by atoms with E-state index in [0.717, 1.165) is 12.1 Å². The molecule has 2 heterocycles. The smallest absolute Gasteiger partial charge is 0.329 e. The molecule has 0 unspecified atom stereocenters. The second-order valence-corrected chi connectivity index (χ2v) is 5.85. The number of hydrogen-bond acceptors (Lipinski definition) is 4. The van der Waals surface area contributed by atoms with E-state index >= 15 is 0 Å². The highest BCUT2D eigenvalue weighted by Crippen LogP contribution is 2.16. The first-order valence-corrected chi connectivity index (χ1v) is 7.18. The molecular weight excluding hydrogens is 284 g/mol. The van der Waals surface area contributed by atoms with Crippen LogP contribution in [0.25, 0.3) is 11.2 Å². The fraction of sp³-hybridized carbons (Fsp3) is 0.500. The molecule has 2 aromatic heterocycles. The van der Waals surface area contributed by atoms with Crippen molar-refractivity contribution in [2.24, 2.45) is 7.05 Å². The minimum Gasteiger partial charge on any atom is -0.350 e. The van der Waals surface area contributed by atoms with Crippen LogP contribution in [0.1, 0.15) is 6.92 Å². The number of fused-ring (bicyclic) bond motifs is 1. The van der Waals surface area contributed by atoms with Crippen molar-refractivity contribution >= 4 is 17.1 Å². The average Bonchev–Trinajstić information content (AvgIpc) is 2.74. The predicted molar refractivity (Wildman–Crippen MR) is 86.6 cm³/mol. The van der Waals surface area contributed by atoms with Crippen molar-refractivity contribution in [1.82, 2.24) is 19.1 Å². The number of rotatable bonds is 6. The van der Waals surface area contributed by atoms with Gasteiger partial charge in [0.15, 0.2) is 11.2 Å². The Labute approximate surface area is 128 Å². The summed E-state index contributed by atoms with van der Waals surface area (Å²) in [6.45, 7) is 7.87. The molecule has 0 saturated heterocycles. The Bertz CT molecular complexity index is 811. The van der Waals surface area contributed by atoms with Gasteiger partial charge < -0.3 is 14.8 Å². The topological polar surface area (TPSA) is 89.2 Å². The standard InChI is InChI=1S/C14H22N6O2/c1-9(2)8-20-10-11(19(5)14(22)17-12(10)21)16-13(20)15-6-7-18(3)4/h1,6-8H2,2-5H3,(H,15,16)(H,17,21,22)/p+1. The van der Waals surface area contributed by atoms with Gasteiger partial charge in [-0.1, -0.05) is 12.2 Å². The van der Waals surface area contributed by atoms with Gasteiger partial charge in [0.05, 0.1) is 27.2 Å². The number of aromatic nitrogens is 4. The van der Waals surface area contributed by atoms with Crippen LogP contribution >= 0.6 is 0 Å². The van der Waals surface area contributed by atoms with E-state index in [2.05, 4.69) is 36.0 Å². The summed E-state index contributed by atoms with van der Waals surface area (Å²) in [6, 6.07) is 0. The van der Waals surface area contributed by atoms with Gasteiger partial charge in [0.2, 0.25) is 5.95 Å². The molecule has 2 aromatic rings. The lowest BCUT2D eigenvalue weighted by molar-refractivity contribution is -0.856. The van der Waals surface area contributed by atoms with Gasteiger partial charge >= 0.3 is 5.69 Å². The number of nitrogens with zero attached hydrogens (tertiary/aromatic N) is 3. The number of aryl methyl sites for hydroxylation is 1. The van der Waals surface area contributed by atoms with Crippen LogP contribution in [0, 0.1) is 0 Å². The lowest BCUT2D eigenvalue weighted by atomic mass is 10.3. The van der Waals surface area contributed by atoms with Gasteiger partial charge in [-0.25, -0.2) is 4.79 Å². The van der Waals surface area contributed by atoms with Crippen molar-refractivity contribution in [3.8, 4) is 0 Å². The minimum atomic E-state index is -0.471. The van der Waals surface area contributed by atoms with E-state index in [9.17, 15) is 9.59 Å². The van der Waals surface area contributed by atoms with Crippen molar-refractivity contribution in [3.63, 3.8) is 0 Å². The van der Waals surface area contributed by atoms with Crippen molar-refractivity contribution in [2.75, 3.05) is 32.5 Å². The molecule has 2 rings (SSSR count). The molecule has 0 fully saturated rings. The molecule has 22 heavy (non-hydrogen) atoms. The molecule has 120 valence electrons. The minimum absolute atomic E-state index is 0.370. The number of anilines is 1. The molecular formula is C14H23N6O2+. The molecule has 0 aromatic carbocycles. The lowest BCUT2D eigenvalue weighted by Crippen LogP contribution is -3.06. The highest BCUT2D eigenvalue weighted by molar-refractivity contribution is 5.74. The van der Waals surface area contributed by atoms with Crippen molar-refractivity contribution < 1.29 is 4.90 Å². The summed E-state index contributed by atoms with van der Waals surface area (Å²) < 4.78 is 3.11. The maximum Gasteiger partial charge on any atom is 0.329 e. The number of imidazole rings is 1. The molecule has 0 spiro atoms. The molecule has 0 aliphatic heterocycles. The summed E-state index contributed by atoms with van der Waals surface area (Å²) in [5.74, 6) is 0.575. The van der Waals surface area contributed by atoms with E-state index in [1.54, 1.807) is 11.6 Å². The Morgan fingerprint density at radius 3 is 2.68 bits per heavy atom. The van der Waals surface area contributed by atoms with Crippen LogP contribution in [-0.2, 0) is 13.6 Å². The Balaban J connectivity index is 2.57. The normalized spacial score (nSPS) is 11.3. The van der Waals surface area contributed by atoms with Crippen molar-refractivity contribution in [2.45, 2.75) is 13.5 Å². The molecule has 0 radical (unpaired) electrons. The molecule has 0 amide bonds. The predicted octanol–water partition coefficient (Wildman–Crippen LogP) is -1.44. The molecule has 0 bridgehead atoms. The van der Waals surface area contributed by atoms with Gasteiger partial charge in [0, 0.05) is 13.6 Å². The molecule has 8 heteroatoms. The van der Waals surface area contributed by atoms with Crippen LogP contribution in [0.3, 0.4) is 0 Å². The number of nitrogens with one attached hydrogen (secondary N) is 3. The molecule has 0 saturated carbocycles. The SMILES string of the molecule is C=C(C)Cn1c(NCC[NH+](C)C)nc2c1c(=O)[nH]c(=O)n2C. The second-order valence-electron chi connectivity index (χ2n) is 5.85. The zero-order valence-corrected chi connectivity index (χ0v) is 13.5. The first-order valence-electron chi connectivity index (χ1n) is 7.18. The van der Waals surface area contributed by atoms with Crippen LogP contribution in [0.2, 0.25) is 0 Å². The van der Waals surface area contributed by atoms with Crippen molar-refractivity contribution in [3.05, 3.63) is 33.0 Å². The molecule has 0 aliphatic carbocycles. The Kier molecular flexibility index (Phi) is 4.51. The third kappa shape index (κ3) is 3.11. The third-order valence-corrected chi connectivity index (χ3v) is 3.34. The van der Waals surface area contributed by atoms with E-state index in [1.807, 2.05) is 6.92 Å². The van der Waals surface area contributed by atoms with Crippen LogP contribution in [-0.4, -0.2) is 46.3 Å². The second kappa shape index (κ2) is 6.18. The lowest BCUT2D eigenvalue weighted by Gasteiger charge is -2.11. The van der Waals surface area contributed by atoms with Gasteiger partial charge in [-0.3, -0.25) is 14.3 Å². The average molecular weight is 307 g/mol. The molecule has 8 nitrogen and oxygen atoms in total. The van der Waals surface area contributed by atoms with Gasteiger partial charge in [-0.15, -0.1) is 0 Å². The Morgan fingerprint density at radius 1 is 1.41 bits per heavy atom. The van der Waals surface area contributed by atoms with Crippen molar-refractivity contribution in [1.29, 1.82) is 0 Å². The number of aromatic amines is 1. The highest BCUT2D eigenvalue weighted by atomic mass is 16.2. The first kappa shape index (κ1) is 16.0. The van der Waals surface area contributed by atoms with E-state index < -0.39 is 11.2 Å². The maximum atomic E-state index is 12.2. The quantitative estimate of drug-likeness (QED) is 0.570. The zero-order valence-electron chi connectivity index (χ0n) is 13.5. The Hall–Kier alpha value is -2.35. The van der Waals surface area contributed by atoms with Crippen LogP contribution in [0.4, 0.5) is 5.95 Å². The van der Waals surface area contributed by atoms with Crippen LogP contribution in [0.15, 0.2) is 21.7 Å². The van der Waals surface area contributed by atoms with Gasteiger partial charge in [0.25, 0.3) is 5.56 Å². The third-order valence-electron chi connectivity index (χ3n) is 3.34. The van der Waals surface area contributed by atoms with E-state index in [-0.39, 0.29) is 0 Å². The van der Waals surface area contributed by atoms with Gasteiger partial charge in [-0.05, 0) is 6.92 Å². The number of allylic oxidation sites excluding steroid dienone is 1. The van der Waals surface area contributed by atoms with E-state index in [0.29, 0.717) is 30.2 Å². The monoisotopic (exact) mass is 307 g/mol. The zero-order chi connectivity index (χ0) is 16.4. The summed E-state index contributed by atoms with van der Waals surface area (Å²) >= 11 is 0. The summed E-state index contributed by atoms with van der Waals surface area (Å²) in [5.41, 5.74) is 0.744. The Morgan fingerprint density at radius 2 is 2.09 bits per heavy atom. The molecule has 0 aliphatic rings. The van der Waals surface area contributed by atoms with E-state index in [1.165, 1.54) is 9.47 Å². The molecule has 3 N–H and O–H groups in total.